The number of hydrogen-bond donors (Lipinski definition) is 3. The Labute approximate surface area is 125 Å². The second kappa shape index (κ2) is 7.78. The van der Waals surface area contributed by atoms with Gasteiger partial charge in [-0.25, -0.2) is 0 Å². The molecule has 1 aliphatic rings. The van der Waals surface area contributed by atoms with Crippen LogP contribution in [0.3, 0.4) is 0 Å². The van der Waals surface area contributed by atoms with Gasteiger partial charge in [-0.2, -0.15) is 0 Å². The molecule has 1 aromatic carbocycles. The quantitative estimate of drug-likeness (QED) is 0.730. The SMILES string of the molecule is CC(NC(=O)CC1CCCN1)C(=O)NCc1ccccc1. The zero-order chi connectivity index (χ0) is 15.1. The van der Waals surface area contributed by atoms with Gasteiger partial charge in [0.1, 0.15) is 6.04 Å². The molecular formula is C16H23N3O2. The van der Waals surface area contributed by atoms with Crippen molar-refractivity contribution < 1.29 is 9.59 Å². The van der Waals surface area contributed by atoms with E-state index >= 15 is 0 Å². The van der Waals surface area contributed by atoms with Crippen LogP contribution in [0.15, 0.2) is 30.3 Å². The van der Waals surface area contributed by atoms with Crippen LogP contribution in [0.2, 0.25) is 0 Å². The number of carbonyl (C=O) groups is 2. The minimum Gasteiger partial charge on any atom is -0.350 e. The van der Waals surface area contributed by atoms with Gasteiger partial charge in [0.2, 0.25) is 11.8 Å². The van der Waals surface area contributed by atoms with Gasteiger partial charge in [-0.3, -0.25) is 9.59 Å². The van der Waals surface area contributed by atoms with Crippen LogP contribution in [0.1, 0.15) is 31.7 Å². The van der Waals surface area contributed by atoms with Gasteiger partial charge in [0.05, 0.1) is 0 Å². The van der Waals surface area contributed by atoms with E-state index in [2.05, 4.69) is 16.0 Å². The molecule has 5 nitrogen and oxygen atoms in total. The van der Waals surface area contributed by atoms with Gasteiger partial charge in [-0.1, -0.05) is 30.3 Å². The van der Waals surface area contributed by atoms with E-state index in [1.807, 2.05) is 30.3 Å². The molecule has 0 bridgehead atoms. The molecule has 0 saturated carbocycles. The molecule has 3 N–H and O–H groups in total. The van der Waals surface area contributed by atoms with Gasteiger partial charge in [0, 0.05) is 19.0 Å². The van der Waals surface area contributed by atoms with E-state index in [9.17, 15) is 9.59 Å². The van der Waals surface area contributed by atoms with Crippen molar-refractivity contribution in [2.45, 2.75) is 44.8 Å². The van der Waals surface area contributed by atoms with Crippen LogP contribution in [0, 0.1) is 0 Å². The lowest BCUT2D eigenvalue weighted by Gasteiger charge is -2.16. The molecule has 0 spiro atoms. The molecule has 0 radical (unpaired) electrons. The molecule has 1 aliphatic heterocycles. The van der Waals surface area contributed by atoms with Crippen LogP contribution in [0.25, 0.3) is 0 Å². The van der Waals surface area contributed by atoms with E-state index in [4.69, 9.17) is 0 Å². The Morgan fingerprint density at radius 3 is 2.76 bits per heavy atom. The van der Waals surface area contributed by atoms with Crippen LogP contribution in [0.4, 0.5) is 0 Å². The van der Waals surface area contributed by atoms with Gasteiger partial charge in [-0.05, 0) is 31.9 Å². The third-order valence-electron chi connectivity index (χ3n) is 3.67. The number of amides is 2. The topological polar surface area (TPSA) is 70.2 Å². The second-order valence-electron chi connectivity index (χ2n) is 5.49. The lowest BCUT2D eigenvalue weighted by atomic mass is 10.1. The van der Waals surface area contributed by atoms with Crippen molar-refractivity contribution in [1.82, 2.24) is 16.0 Å². The number of hydrogen-bond acceptors (Lipinski definition) is 3. The molecule has 1 heterocycles. The summed E-state index contributed by atoms with van der Waals surface area (Å²) in [4.78, 5) is 23.8. The van der Waals surface area contributed by atoms with E-state index < -0.39 is 6.04 Å². The van der Waals surface area contributed by atoms with Crippen LogP contribution < -0.4 is 16.0 Å². The third-order valence-corrected chi connectivity index (χ3v) is 3.67. The predicted octanol–water partition coefficient (Wildman–Crippen LogP) is 0.950. The van der Waals surface area contributed by atoms with E-state index in [0.717, 1.165) is 24.9 Å². The Morgan fingerprint density at radius 2 is 2.10 bits per heavy atom. The van der Waals surface area contributed by atoms with Gasteiger partial charge >= 0.3 is 0 Å². The van der Waals surface area contributed by atoms with Crippen LogP contribution in [0.5, 0.6) is 0 Å². The summed E-state index contributed by atoms with van der Waals surface area (Å²) in [6, 6.07) is 9.45. The molecule has 0 aliphatic carbocycles. The van der Waals surface area contributed by atoms with Gasteiger partial charge < -0.3 is 16.0 Å². The summed E-state index contributed by atoms with van der Waals surface area (Å²) in [6.45, 7) is 3.16. The first-order valence-corrected chi connectivity index (χ1v) is 7.49. The largest absolute Gasteiger partial charge is 0.350 e. The minimum atomic E-state index is -0.511. The predicted molar refractivity (Wildman–Crippen MR) is 81.5 cm³/mol. The third kappa shape index (κ3) is 5.19. The fraction of sp³-hybridized carbons (Fsp3) is 0.500. The van der Waals surface area contributed by atoms with Crippen LogP contribution >= 0.6 is 0 Å². The maximum atomic E-state index is 11.9. The van der Waals surface area contributed by atoms with Gasteiger partial charge in [-0.15, -0.1) is 0 Å². The smallest absolute Gasteiger partial charge is 0.242 e. The zero-order valence-electron chi connectivity index (χ0n) is 12.4. The summed E-state index contributed by atoms with van der Waals surface area (Å²) >= 11 is 0. The molecule has 2 amide bonds. The van der Waals surface area contributed by atoms with Crippen LogP contribution in [-0.4, -0.2) is 30.4 Å². The Balaban J connectivity index is 1.70. The number of benzene rings is 1. The molecule has 5 heteroatoms. The summed E-state index contributed by atoms with van der Waals surface area (Å²) in [7, 11) is 0. The molecule has 114 valence electrons. The highest BCUT2D eigenvalue weighted by atomic mass is 16.2. The van der Waals surface area contributed by atoms with Crippen molar-refractivity contribution in [3.63, 3.8) is 0 Å². The normalized spacial score (nSPS) is 19.0. The minimum absolute atomic E-state index is 0.0724. The van der Waals surface area contributed by atoms with Crippen molar-refractivity contribution in [3.8, 4) is 0 Å². The Morgan fingerprint density at radius 1 is 1.33 bits per heavy atom. The Kier molecular flexibility index (Phi) is 5.75. The second-order valence-corrected chi connectivity index (χ2v) is 5.49. The standard InChI is InChI=1S/C16H23N3O2/c1-12(19-15(20)10-14-8-5-9-17-14)16(21)18-11-13-6-3-2-4-7-13/h2-4,6-7,12,14,17H,5,8-11H2,1H3,(H,18,21)(H,19,20). The average molecular weight is 289 g/mol. The Bertz CT molecular complexity index is 470. The van der Waals surface area contributed by atoms with Crippen molar-refractivity contribution in [1.29, 1.82) is 0 Å². The first kappa shape index (κ1) is 15.5. The molecular weight excluding hydrogens is 266 g/mol. The zero-order valence-corrected chi connectivity index (χ0v) is 12.4. The summed E-state index contributed by atoms with van der Waals surface area (Å²) in [5, 5.41) is 8.86. The summed E-state index contributed by atoms with van der Waals surface area (Å²) in [5.74, 6) is -0.233. The molecule has 0 aromatic heterocycles. The monoisotopic (exact) mass is 289 g/mol. The summed E-state index contributed by atoms with van der Waals surface area (Å²) in [6.07, 6.45) is 2.59. The molecule has 21 heavy (non-hydrogen) atoms. The number of rotatable bonds is 6. The molecule has 1 saturated heterocycles. The van der Waals surface area contributed by atoms with Gasteiger partial charge in [0.15, 0.2) is 0 Å². The summed E-state index contributed by atoms with van der Waals surface area (Å²) < 4.78 is 0. The highest BCUT2D eigenvalue weighted by Crippen LogP contribution is 2.08. The highest BCUT2D eigenvalue weighted by molar-refractivity contribution is 5.87. The fourth-order valence-electron chi connectivity index (χ4n) is 2.46. The first-order valence-electron chi connectivity index (χ1n) is 7.49. The van der Waals surface area contributed by atoms with Crippen molar-refractivity contribution in [2.24, 2.45) is 0 Å². The lowest BCUT2D eigenvalue weighted by molar-refractivity contribution is -0.128. The van der Waals surface area contributed by atoms with E-state index in [-0.39, 0.29) is 17.9 Å². The van der Waals surface area contributed by atoms with E-state index in [1.165, 1.54) is 0 Å². The molecule has 2 rings (SSSR count). The first-order chi connectivity index (χ1) is 10.1. The van der Waals surface area contributed by atoms with Crippen LogP contribution in [-0.2, 0) is 16.1 Å². The highest BCUT2D eigenvalue weighted by Gasteiger charge is 2.20. The maximum Gasteiger partial charge on any atom is 0.242 e. The van der Waals surface area contributed by atoms with E-state index in [0.29, 0.717) is 13.0 Å². The number of carbonyl (C=O) groups excluding carboxylic acids is 2. The lowest BCUT2D eigenvalue weighted by Crippen LogP contribution is -2.45. The summed E-state index contributed by atoms with van der Waals surface area (Å²) in [5.41, 5.74) is 1.04. The van der Waals surface area contributed by atoms with Crippen molar-refractivity contribution in [2.75, 3.05) is 6.54 Å². The molecule has 2 unspecified atom stereocenters. The Hall–Kier alpha value is -1.88. The maximum absolute atomic E-state index is 11.9. The van der Waals surface area contributed by atoms with Crippen molar-refractivity contribution in [3.05, 3.63) is 35.9 Å². The van der Waals surface area contributed by atoms with Gasteiger partial charge in [0.25, 0.3) is 0 Å². The molecule has 2 atom stereocenters. The molecule has 1 aromatic rings. The molecule has 1 fully saturated rings. The number of nitrogens with one attached hydrogen (secondary N) is 3. The van der Waals surface area contributed by atoms with Crippen molar-refractivity contribution >= 4 is 11.8 Å². The average Bonchev–Trinajstić information content (AvgIpc) is 2.98. The van der Waals surface area contributed by atoms with E-state index in [1.54, 1.807) is 6.92 Å². The fourth-order valence-corrected chi connectivity index (χ4v) is 2.46.